The van der Waals surface area contributed by atoms with Gasteiger partial charge in [-0.1, -0.05) is 24.3 Å². The summed E-state index contributed by atoms with van der Waals surface area (Å²) in [6.45, 7) is 0.908. The standard InChI is InChI=1S/C15H12N2O/c1-18-14-9-11-10-5-2-3-7-13(10)17-8-4-6-12(16-14)15(11)17/h2-7,9H,8H2,1H3. The van der Waals surface area contributed by atoms with Crippen LogP contribution in [0.1, 0.15) is 5.69 Å². The van der Waals surface area contributed by atoms with Crippen LogP contribution in [0.5, 0.6) is 5.88 Å². The highest BCUT2D eigenvalue weighted by atomic mass is 16.5. The number of hydrogen-bond acceptors (Lipinski definition) is 2. The number of rotatable bonds is 1. The number of nitrogens with zero attached hydrogens (tertiary/aromatic N) is 2. The van der Waals surface area contributed by atoms with Crippen molar-refractivity contribution in [2.24, 2.45) is 0 Å². The number of allylic oxidation sites excluding steroid dienone is 1. The fraction of sp³-hybridized carbons (Fsp3) is 0.133. The first-order valence-electron chi connectivity index (χ1n) is 6.01. The van der Waals surface area contributed by atoms with Gasteiger partial charge >= 0.3 is 0 Å². The molecule has 1 aromatic carbocycles. The molecule has 0 saturated heterocycles. The second-order valence-corrected chi connectivity index (χ2v) is 4.48. The molecule has 0 amide bonds. The van der Waals surface area contributed by atoms with Crippen molar-refractivity contribution in [2.45, 2.75) is 6.54 Å². The van der Waals surface area contributed by atoms with Gasteiger partial charge in [0.1, 0.15) is 0 Å². The van der Waals surface area contributed by atoms with Gasteiger partial charge in [-0.05, 0) is 12.1 Å². The van der Waals surface area contributed by atoms with Crippen molar-refractivity contribution in [3.05, 3.63) is 42.1 Å². The zero-order valence-corrected chi connectivity index (χ0v) is 10.1. The monoisotopic (exact) mass is 236 g/mol. The van der Waals surface area contributed by atoms with Crippen LogP contribution in [0.15, 0.2) is 36.4 Å². The van der Waals surface area contributed by atoms with E-state index in [1.165, 1.54) is 21.8 Å². The van der Waals surface area contributed by atoms with E-state index in [0.29, 0.717) is 5.88 Å². The molecule has 88 valence electrons. The summed E-state index contributed by atoms with van der Waals surface area (Å²) in [5.74, 6) is 0.673. The molecule has 3 heterocycles. The Morgan fingerprint density at radius 2 is 2.11 bits per heavy atom. The van der Waals surface area contributed by atoms with E-state index in [1.54, 1.807) is 7.11 Å². The van der Waals surface area contributed by atoms with Crippen molar-refractivity contribution in [1.29, 1.82) is 0 Å². The van der Waals surface area contributed by atoms with E-state index in [-0.39, 0.29) is 0 Å². The van der Waals surface area contributed by atoms with Crippen LogP contribution in [0.3, 0.4) is 0 Å². The topological polar surface area (TPSA) is 27.1 Å². The van der Waals surface area contributed by atoms with Crippen molar-refractivity contribution in [2.75, 3.05) is 7.11 Å². The van der Waals surface area contributed by atoms with E-state index in [4.69, 9.17) is 4.74 Å². The van der Waals surface area contributed by atoms with Crippen LogP contribution in [0.2, 0.25) is 0 Å². The van der Waals surface area contributed by atoms with Crippen LogP contribution >= 0.6 is 0 Å². The molecule has 1 aliphatic rings. The molecule has 0 N–H and O–H groups in total. The van der Waals surface area contributed by atoms with Crippen molar-refractivity contribution < 1.29 is 4.74 Å². The highest BCUT2D eigenvalue weighted by Crippen LogP contribution is 2.34. The zero-order valence-electron chi connectivity index (χ0n) is 10.1. The number of para-hydroxylation sites is 1. The lowest BCUT2D eigenvalue weighted by Crippen LogP contribution is -2.02. The molecule has 3 nitrogen and oxygen atoms in total. The SMILES string of the molecule is COc1cc2c3ccccc3n3c2c(n1)C=CC3. The predicted octanol–water partition coefficient (Wildman–Crippen LogP) is 3.22. The Morgan fingerprint density at radius 3 is 3.00 bits per heavy atom. The van der Waals surface area contributed by atoms with Crippen LogP contribution in [0.25, 0.3) is 27.9 Å². The number of ether oxygens (including phenoxy) is 1. The third kappa shape index (κ3) is 1.11. The minimum Gasteiger partial charge on any atom is -0.481 e. The van der Waals surface area contributed by atoms with E-state index in [0.717, 1.165) is 12.2 Å². The van der Waals surface area contributed by atoms with Gasteiger partial charge in [-0.15, -0.1) is 0 Å². The molecule has 1 aliphatic heterocycles. The van der Waals surface area contributed by atoms with Gasteiger partial charge in [-0.3, -0.25) is 0 Å². The first kappa shape index (κ1) is 9.71. The highest BCUT2D eigenvalue weighted by Gasteiger charge is 2.16. The largest absolute Gasteiger partial charge is 0.481 e. The van der Waals surface area contributed by atoms with Gasteiger partial charge in [0.25, 0.3) is 0 Å². The Labute approximate surface area is 104 Å². The lowest BCUT2D eigenvalue weighted by atomic mass is 10.1. The molecule has 0 fully saturated rings. The molecule has 0 bridgehead atoms. The molecule has 0 unspecified atom stereocenters. The van der Waals surface area contributed by atoms with E-state index in [1.807, 2.05) is 6.07 Å². The minimum atomic E-state index is 0.673. The normalized spacial score (nSPS) is 13.4. The number of pyridine rings is 1. The fourth-order valence-corrected chi connectivity index (χ4v) is 2.76. The van der Waals surface area contributed by atoms with Gasteiger partial charge in [0, 0.05) is 28.9 Å². The summed E-state index contributed by atoms with van der Waals surface area (Å²) in [6.07, 6.45) is 4.21. The minimum absolute atomic E-state index is 0.673. The maximum atomic E-state index is 5.29. The van der Waals surface area contributed by atoms with Gasteiger partial charge in [0.15, 0.2) is 0 Å². The Morgan fingerprint density at radius 1 is 1.22 bits per heavy atom. The Balaban J connectivity index is 2.29. The number of aromatic nitrogens is 2. The van der Waals surface area contributed by atoms with Crippen LogP contribution < -0.4 is 4.74 Å². The molecule has 0 aliphatic carbocycles. The predicted molar refractivity (Wildman–Crippen MR) is 72.8 cm³/mol. The molecule has 4 rings (SSSR count). The zero-order chi connectivity index (χ0) is 12.1. The number of hydrogen-bond donors (Lipinski definition) is 0. The van der Waals surface area contributed by atoms with Crippen LogP contribution in [0.4, 0.5) is 0 Å². The van der Waals surface area contributed by atoms with Crippen molar-refractivity contribution in [3.8, 4) is 5.88 Å². The Hall–Kier alpha value is -2.29. The summed E-state index contributed by atoms with van der Waals surface area (Å²) in [7, 11) is 1.66. The molecule has 0 saturated carbocycles. The molecule has 3 heteroatoms. The average Bonchev–Trinajstić information content (AvgIpc) is 2.76. The second-order valence-electron chi connectivity index (χ2n) is 4.48. The molecule has 0 radical (unpaired) electrons. The van der Waals surface area contributed by atoms with Crippen LogP contribution in [-0.2, 0) is 6.54 Å². The number of fused-ring (bicyclic) bond motifs is 3. The second kappa shape index (κ2) is 3.35. The molecule has 3 aromatic rings. The fourth-order valence-electron chi connectivity index (χ4n) is 2.76. The number of benzene rings is 1. The van der Waals surface area contributed by atoms with E-state index < -0.39 is 0 Å². The summed E-state index contributed by atoms with van der Waals surface area (Å²) in [4.78, 5) is 4.52. The highest BCUT2D eigenvalue weighted by molar-refractivity contribution is 6.10. The molecule has 0 spiro atoms. The average molecular weight is 236 g/mol. The van der Waals surface area contributed by atoms with Gasteiger partial charge in [0.2, 0.25) is 5.88 Å². The third-order valence-electron chi connectivity index (χ3n) is 3.52. The third-order valence-corrected chi connectivity index (χ3v) is 3.52. The summed E-state index contributed by atoms with van der Waals surface area (Å²) in [6, 6.07) is 10.5. The molecule has 18 heavy (non-hydrogen) atoms. The van der Waals surface area contributed by atoms with E-state index >= 15 is 0 Å². The summed E-state index contributed by atoms with van der Waals surface area (Å²) in [5.41, 5.74) is 3.46. The van der Waals surface area contributed by atoms with Gasteiger partial charge in [-0.25, -0.2) is 4.98 Å². The maximum absolute atomic E-state index is 5.29. The van der Waals surface area contributed by atoms with Gasteiger partial charge in [0.05, 0.1) is 18.3 Å². The lowest BCUT2D eigenvalue weighted by Gasteiger charge is -2.11. The summed E-state index contributed by atoms with van der Waals surface area (Å²) >= 11 is 0. The molecular weight excluding hydrogens is 224 g/mol. The van der Waals surface area contributed by atoms with Crippen molar-refractivity contribution in [3.63, 3.8) is 0 Å². The maximum Gasteiger partial charge on any atom is 0.214 e. The number of methoxy groups -OCH3 is 1. The quantitative estimate of drug-likeness (QED) is 0.648. The molecule has 2 aromatic heterocycles. The summed E-state index contributed by atoms with van der Waals surface area (Å²) < 4.78 is 7.60. The van der Waals surface area contributed by atoms with Crippen LogP contribution in [-0.4, -0.2) is 16.7 Å². The molecular formula is C15H12N2O. The van der Waals surface area contributed by atoms with Gasteiger partial charge in [-0.2, -0.15) is 0 Å². The lowest BCUT2D eigenvalue weighted by molar-refractivity contribution is 0.398. The first-order valence-corrected chi connectivity index (χ1v) is 6.01. The molecule has 0 atom stereocenters. The smallest absolute Gasteiger partial charge is 0.214 e. The van der Waals surface area contributed by atoms with Crippen molar-refractivity contribution >= 4 is 27.9 Å². The first-order chi connectivity index (χ1) is 8.88. The summed E-state index contributed by atoms with van der Waals surface area (Å²) in [5, 5.41) is 2.48. The van der Waals surface area contributed by atoms with Crippen molar-refractivity contribution in [1.82, 2.24) is 9.55 Å². The Kier molecular flexibility index (Phi) is 1.81. The van der Waals surface area contributed by atoms with Gasteiger partial charge < -0.3 is 9.30 Å². The Bertz CT molecular complexity index is 799. The van der Waals surface area contributed by atoms with Crippen LogP contribution in [0, 0.1) is 0 Å². The van der Waals surface area contributed by atoms with E-state index in [2.05, 4.69) is 46.0 Å². The van der Waals surface area contributed by atoms with E-state index in [9.17, 15) is 0 Å².